The van der Waals surface area contributed by atoms with E-state index >= 15 is 8.78 Å². The van der Waals surface area contributed by atoms with E-state index in [0.29, 0.717) is 17.3 Å². The van der Waals surface area contributed by atoms with Crippen LogP contribution in [0.15, 0.2) is 17.7 Å². The highest BCUT2D eigenvalue weighted by Crippen LogP contribution is 2.47. The average Bonchev–Trinajstić information content (AvgIpc) is 3.64. The van der Waals surface area contributed by atoms with Gasteiger partial charge in [0.2, 0.25) is 10.0 Å². The molecule has 4 heterocycles. The second kappa shape index (κ2) is 11.0. The van der Waals surface area contributed by atoms with E-state index in [2.05, 4.69) is 24.8 Å². The number of H-pyrrole nitrogens is 1. The van der Waals surface area contributed by atoms with Crippen LogP contribution in [-0.2, 0) is 25.5 Å². The van der Waals surface area contributed by atoms with Gasteiger partial charge in [-0.05, 0) is 50.3 Å². The van der Waals surface area contributed by atoms with Gasteiger partial charge in [-0.1, -0.05) is 0 Å². The number of halogens is 3. The Balaban J connectivity index is 1.38. The SMILES string of the molecule is Cc1[nH]c(/C=C2\C(=O)Nc3c(NS(C)(=O)=O)cc(F)cc32)c(C(C)(F)F)c1C(=C1CC1)N1CCC(N2CCOCC2)CC1. The van der Waals surface area contributed by atoms with Crippen molar-refractivity contribution < 1.29 is 31.1 Å². The molecule has 3 N–H and O–H groups in total. The van der Waals surface area contributed by atoms with Crippen molar-refractivity contribution in [1.29, 1.82) is 0 Å². The Bertz CT molecular complexity index is 1620. The number of aromatic nitrogens is 1. The fourth-order valence-corrected chi connectivity index (χ4v) is 7.15. The lowest BCUT2D eigenvalue weighted by Crippen LogP contribution is -2.48. The number of morpholine rings is 1. The first-order valence-corrected chi connectivity index (χ1v) is 16.4. The number of hydrogen-bond donors (Lipinski definition) is 3. The van der Waals surface area contributed by atoms with Crippen LogP contribution < -0.4 is 10.0 Å². The van der Waals surface area contributed by atoms with Crippen molar-refractivity contribution in [3.05, 3.63) is 51.6 Å². The number of ether oxygens (including phenoxy) is 1. The van der Waals surface area contributed by atoms with Crippen LogP contribution in [0, 0.1) is 12.7 Å². The summed E-state index contributed by atoms with van der Waals surface area (Å²) < 4.78 is 77.1. The van der Waals surface area contributed by atoms with E-state index in [-0.39, 0.29) is 33.8 Å². The van der Waals surface area contributed by atoms with Gasteiger partial charge >= 0.3 is 0 Å². The van der Waals surface area contributed by atoms with Crippen LogP contribution in [0.1, 0.15) is 60.7 Å². The number of aryl methyl sites for hydroxylation is 1. The molecule has 1 amide bonds. The number of nitrogens with one attached hydrogen (secondary N) is 3. The van der Waals surface area contributed by atoms with Crippen molar-refractivity contribution in [2.75, 3.05) is 55.7 Å². The second-order valence-corrected chi connectivity index (χ2v) is 13.6. The highest BCUT2D eigenvalue weighted by molar-refractivity contribution is 7.92. The summed E-state index contributed by atoms with van der Waals surface area (Å²) >= 11 is 0. The molecule has 1 aromatic heterocycles. The molecule has 0 bridgehead atoms. The average molecular weight is 620 g/mol. The number of benzene rings is 1. The molecule has 0 radical (unpaired) electrons. The zero-order valence-corrected chi connectivity index (χ0v) is 25.3. The standard InChI is InChI=1S/C30H36F3N5O4S/c1-17-25(28(18-4-5-18)38-8-6-20(7-9-38)37-10-12-42-13-11-37)26(30(2,32)33)23(34-17)16-22-21-14-19(31)15-24(36-43(3,40)41)27(21)35-29(22)39/h14-16,20,34,36H,4-13H2,1-3H3,(H,35,39)/b22-16-. The number of allylic oxidation sites excluding steroid dienone is 1. The van der Waals surface area contributed by atoms with E-state index in [4.69, 9.17) is 4.74 Å². The predicted octanol–water partition coefficient (Wildman–Crippen LogP) is 4.74. The summed E-state index contributed by atoms with van der Waals surface area (Å²) in [5.74, 6) is -4.69. The molecule has 3 fully saturated rings. The van der Waals surface area contributed by atoms with Gasteiger partial charge in [0.15, 0.2) is 0 Å². The predicted molar refractivity (Wildman–Crippen MR) is 160 cm³/mol. The molecule has 13 heteroatoms. The number of hydrogen-bond acceptors (Lipinski definition) is 6. The topological polar surface area (TPSA) is 107 Å². The fourth-order valence-electron chi connectivity index (χ4n) is 6.59. The lowest BCUT2D eigenvalue weighted by Gasteiger charge is -2.41. The maximum absolute atomic E-state index is 15.5. The Morgan fingerprint density at radius 2 is 1.81 bits per heavy atom. The van der Waals surface area contributed by atoms with Crippen LogP contribution in [0.2, 0.25) is 0 Å². The Kier molecular flexibility index (Phi) is 7.62. The third kappa shape index (κ3) is 6.07. The van der Waals surface area contributed by atoms with Crippen LogP contribution in [0.3, 0.4) is 0 Å². The third-order valence-corrected chi connectivity index (χ3v) is 9.12. The third-order valence-electron chi connectivity index (χ3n) is 8.53. The zero-order valence-electron chi connectivity index (χ0n) is 24.5. The monoisotopic (exact) mass is 619 g/mol. The number of fused-ring (bicyclic) bond motifs is 1. The van der Waals surface area contributed by atoms with Crippen molar-refractivity contribution in [2.24, 2.45) is 0 Å². The molecular weight excluding hydrogens is 583 g/mol. The van der Waals surface area contributed by atoms with Crippen LogP contribution in [0.4, 0.5) is 24.5 Å². The smallest absolute Gasteiger partial charge is 0.273 e. The molecule has 2 saturated heterocycles. The maximum Gasteiger partial charge on any atom is 0.273 e. The normalized spacial score (nSPS) is 20.9. The maximum atomic E-state index is 15.5. The van der Waals surface area contributed by atoms with Crippen molar-refractivity contribution >= 4 is 44.7 Å². The first kappa shape index (κ1) is 29.8. The summed E-state index contributed by atoms with van der Waals surface area (Å²) in [4.78, 5) is 20.9. The number of piperidine rings is 1. The van der Waals surface area contributed by atoms with Gasteiger partial charge in [0.25, 0.3) is 11.8 Å². The van der Waals surface area contributed by atoms with Crippen LogP contribution >= 0.6 is 0 Å². The van der Waals surface area contributed by atoms with Gasteiger partial charge in [0, 0.05) is 73.4 Å². The minimum atomic E-state index is -3.78. The number of carbonyl (C=O) groups is 1. The summed E-state index contributed by atoms with van der Waals surface area (Å²) in [6.45, 7) is 7.39. The van der Waals surface area contributed by atoms with E-state index in [1.165, 1.54) is 6.08 Å². The minimum absolute atomic E-state index is 0.0451. The van der Waals surface area contributed by atoms with Gasteiger partial charge in [-0.3, -0.25) is 14.4 Å². The largest absolute Gasteiger partial charge is 0.379 e. The number of rotatable bonds is 7. The molecule has 0 unspecified atom stereocenters. The molecule has 43 heavy (non-hydrogen) atoms. The molecule has 3 aliphatic heterocycles. The van der Waals surface area contributed by atoms with E-state index in [1.54, 1.807) is 6.92 Å². The number of nitrogens with zero attached hydrogens (tertiary/aromatic N) is 2. The van der Waals surface area contributed by atoms with Gasteiger partial charge in [-0.2, -0.15) is 0 Å². The Hall–Kier alpha value is -3.29. The summed E-state index contributed by atoms with van der Waals surface area (Å²) in [6.07, 6.45) is 5.78. The molecule has 4 aliphatic rings. The Labute approximate surface area is 249 Å². The molecule has 2 aromatic rings. The van der Waals surface area contributed by atoms with Crippen molar-refractivity contribution in [2.45, 2.75) is 51.5 Å². The van der Waals surface area contributed by atoms with Gasteiger partial charge in [0.05, 0.1) is 42.0 Å². The van der Waals surface area contributed by atoms with Crippen molar-refractivity contribution in [3.8, 4) is 0 Å². The summed E-state index contributed by atoms with van der Waals surface area (Å²) in [6, 6.07) is 2.49. The first-order chi connectivity index (χ1) is 20.3. The number of amides is 1. The lowest BCUT2D eigenvalue weighted by atomic mass is 9.95. The fraction of sp³-hybridized carbons (Fsp3) is 0.500. The highest BCUT2D eigenvalue weighted by atomic mass is 32.2. The molecule has 6 rings (SSSR count). The quantitative estimate of drug-likeness (QED) is 0.387. The molecule has 1 saturated carbocycles. The number of sulfonamides is 1. The van der Waals surface area contributed by atoms with Crippen molar-refractivity contribution in [3.63, 3.8) is 0 Å². The van der Waals surface area contributed by atoms with Gasteiger partial charge < -0.3 is 19.9 Å². The number of alkyl halides is 2. The Morgan fingerprint density at radius 1 is 1.14 bits per heavy atom. The van der Waals surface area contributed by atoms with E-state index in [0.717, 1.165) is 102 Å². The number of likely N-dealkylation sites (tertiary alicyclic amines) is 1. The first-order valence-electron chi connectivity index (χ1n) is 14.5. The van der Waals surface area contributed by atoms with Crippen LogP contribution in [-0.4, -0.2) is 80.8 Å². The minimum Gasteiger partial charge on any atom is -0.379 e. The molecule has 1 aliphatic carbocycles. The van der Waals surface area contributed by atoms with Gasteiger partial charge in [-0.15, -0.1) is 0 Å². The summed E-state index contributed by atoms with van der Waals surface area (Å²) in [5, 5.41) is 2.57. The molecule has 0 spiro atoms. The number of aromatic amines is 1. The second-order valence-electron chi connectivity index (χ2n) is 11.9. The van der Waals surface area contributed by atoms with E-state index < -0.39 is 27.7 Å². The molecule has 232 valence electrons. The Morgan fingerprint density at radius 3 is 2.42 bits per heavy atom. The molecule has 0 atom stereocenters. The number of carbonyl (C=O) groups excluding carboxylic acids is 1. The van der Waals surface area contributed by atoms with Crippen molar-refractivity contribution in [1.82, 2.24) is 14.8 Å². The van der Waals surface area contributed by atoms with Crippen LogP contribution in [0.25, 0.3) is 17.3 Å². The zero-order chi connectivity index (χ0) is 30.7. The molecule has 1 aromatic carbocycles. The van der Waals surface area contributed by atoms with E-state index in [1.807, 2.05) is 0 Å². The summed E-state index contributed by atoms with van der Waals surface area (Å²) in [5.41, 5.74) is 2.81. The van der Waals surface area contributed by atoms with Crippen LogP contribution in [0.5, 0.6) is 0 Å². The molecular formula is C30H36F3N5O4S. The number of anilines is 2. The molecule has 9 nitrogen and oxygen atoms in total. The highest BCUT2D eigenvalue weighted by Gasteiger charge is 2.39. The van der Waals surface area contributed by atoms with Gasteiger partial charge in [0.1, 0.15) is 5.82 Å². The summed E-state index contributed by atoms with van der Waals surface area (Å²) in [7, 11) is -3.78. The van der Waals surface area contributed by atoms with E-state index in [9.17, 15) is 17.6 Å². The lowest BCUT2D eigenvalue weighted by molar-refractivity contribution is -0.110. The van der Waals surface area contributed by atoms with Gasteiger partial charge in [-0.25, -0.2) is 21.6 Å².